The first-order chi connectivity index (χ1) is 16.9. The largest absolute Gasteiger partial charge is 0.481 e. The molecule has 0 spiro atoms. The molecule has 184 valence electrons. The maximum Gasteiger partial charge on any atom is 0.407 e. The van der Waals surface area contributed by atoms with Crippen LogP contribution in [0.25, 0.3) is 11.1 Å². The van der Waals surface area contributed by atoms with Gasteiger partial charge < -0.3 is 25.4 Å². The van der Waals surface area contributed by atoms with Crippen molar-refractivity contribution in [1.82, 2.24) is 15.5 Å². The van der Waals surface area contributed by atoms with Crippen LogP contribution in [0.2, 0.25) is 0 Å². The first kappa shape index (κ1) is 23.4. The first-order valence-electron chi connectivity index (χ1n) is 12.3. The summed E-state index contributed by atoms with van der Waals surface area (Å²) in [4.78, 5) is 39.3. The van der Waals surface area contributed by atoms with E-state index >= 15 is 0 Å². The number of rotatable bonds is 8. The third-order valence-corrected chi connectivity index (χ3v) is 7.84. The first-order valence-corrected chi connectivity index (χ1v) is 12.3. The van der Waals surface area contributed by atoms with Crippen molar-refractivity contribution in [3.63, 3.8) is 0 Å². The quantitative estimate of drug-likeness (QED) is 0.540. The predicted molar refractivity (Wildman–Crippen MR) is 130 cm³/mol. The average molecular weight is 478 g/mol. The van der Waals surface area contributed by atoms with Crippen molar-refractivity contribution in [3.8, 4) is 11.1 Å². The fourth-order valence-electron chi connectivity index (χ4n) is 5.73. The van der Waals surface area contributed by atoms with E-state index in [4.69, 9.17) is 4.74 Å². The second kappa shape index (κ2) is 9.70. The lowest BCUT2D eigenvalue weighted by Crippen LogP contribution is -2.55. The minimum absolute atomic E-state index is 0.0714. The molecular formula is C27H31N3O5. The lowest BCUT2D eigenvalue weighted by atomic mass is 9.72. The summed E-state index contributed by atoms with van der Waals surface area (Å²) in [5.41, 5.74) is 4.47. The summed E-state index contributed by atoms with van der Waals surface area (Å²) >= 11 is 0. The topological polar surface area (TPSA) is 108 Å². The van der Waals surface area contributed by atoms with Crippen LogP contribution in [0, 0.1) is 5.41 Å². The summed E-state index contributed by atoms with van der Waals surface area (Å²) in [5.74, 6) is -1.76. The number of ether oxygens (including phenoxy) is 1. The van der Waals surface area contributed by atoms with Crippen LogP contribution in [0.4, 0.5) is 4.79 Å². The molecule has 3 aliphatic heterocycles. The number of carboxylic acids is 1. The zero-order valence-corrected chi connectivity index (χ0v) is 19.7. The van der Waals surface area contributed by atoms with Crippen molar-refractivity contribution in [2.45, 2.75) is 37.6 Å². The molecular weight excluding hydrogens is 446 g/mol. The van der Waals surface area contributed by atoms with Gasteiger partial charge >= 0.3 is 12.1 Å². The van der Waals surface area contributed by atoms with Crippen molar-refractivity contribution in [2.24, 2.45) is 5.41 Å². The Hall–Kier alpha value is -3.39. The Morgan fingerprint density at radius 1 is 0.971 bits per heavy atom. The molecule has 2 bridgehead atoms. The third-order valence-electron chi connectivity index (χ3n) is 7.84. The summed E-state index contributed by atoms with van der Waals surface area (Å²) < 4.78 is 5.52. The van der Waals surface area contributed by atoms with E-state index in [1.807, 2.05) is 36.4 Å². The van der Waals surface area contributed by atoms with Crippen molar-refractivity contribution < 1.29 is 24.2 Å². The van der Waals surface area contributed by atoms with Gasteiger partial charge in [0.15, 0.2) is 0 Å². The number of fused-ring (bicyclic) bond motifs is 6. The van der Waals surface area contributed by atoms with E-state index in [0.717, 1.165) is 61.2 Å². The van der Waals surface area contributed by atoms with Crippen LogP contribution in [-0.2, 0) is 14.3 Å². The van der Waals surface area contributed by atoms with Crippen molar-refractivity contribution >= 4 is 18.0 Å². The zero-order valence-electron chi connectivity index (χ0n) is 19.7. The number of hydrogen-bond donors (Lipinski definition) is 3. The van der Waals surface area contributed by atoms with Crippen LogP contribution in [0.1, 0.15) is 42.7 Å². The molecule has 3 fully saturated rings. The summed E-state index contributed by atoms with van der Waals surface area (Å²) in [6.07, 6.45) is 1.78. The molecule has 3 saturated heterocycles. The number of carbonyl (C=O) groups excluding carboxylic acids is 2. The second-order valence-corrected chi connectivity index (χ2v) is 9.93. The van der Waals surface area contributed by atoms with Gasteiger partial charge in [-0.1, -0.05) is 48.5 Å². The molecule has 0 radical (unpaired) electrons. The van der Waals surface area contributed by atoms with E-state index in [9.17, 15) is 19.5 Å². The highest BCUT2D eigenvalue weighted by atomic mass is 16.5. The predicted octanol–water partition coefficient (Wildman–Crippen LogP) is 2.97. The van der Waals surface area contributed by atoms with Crippen LogP contribution in [0.5, 0.6) is 0 Å². The highest BCUT2D eigenvalue weighted by Gasteiger charge is 2.40. The van der Waals surface area contributed by atoms with Gasteiger partial charge in [-0.25, -0.2) is 4.79 Å². The van der Waals surface area contributed by atoms with Gasteiger partial charge in [0, 0.05) is 12.5 Å². The fourth-order valence-corrected chi connectivity index (χ4v) is 5.73. The molecule has 2 amide bonds. The molecule has 3 heterocycles. The molecule has 8 nitrogen and oxygen atoms in total. The van der Waals surface area contributed by atoms with E-state index in [1.54, 1.807) is 0 Å². The second-order valence-electron chi connectivity index (χ2n) is 9.93. The Morgan fingerprint density at radius 3 is 2.11 bits per heavy atom. The number of nitrogens with zero attached hydrogens (tertiary/aromatic N) is 1. The Bertz CT molecular complexity index is 1070. The lowest BCUT2D eigenvalue weighted by molar-refractivity contribution is -0.140. The van der Waals surface area contributed by atoms with E-state index in [1.165, 1.54) is 0 Å². The minimum atomic E-state index is -1.19. The molecule has 35 heavy (non-hydrogen) atoms. The SMILES string of the molecule is O=C(O)CC(NC(=O)OCC1c2ccccc2-c2ccccc21)C(=O)NCC12CCN(CC1)CC2. The van der Waals surface area contributed by atoms with E-state index in [0.29, 0.717) is 6.54 Å². The van der Waals surface area contributed by atoms with Crippen LogP contribution in [-0.4, -0.2) is 66.8 Å². The summed E-state index contributed by atoms with van der Waals surface area (Å²) in [6, 6.07) is 14.8. The molecule has 8 heteroatoms. The normalized spacial score (nSPS) is 23.1. The molecule has 1 unspecified atom stereocenters. The molecule has 2 aromatic carbocycles. The maximum atomic E-state index is 12.9. The smallest absolute Gasteiger partial charge is 0.407 e. The van der Waals surface area contributed by atoms with Gasteiger partial charge in [0.1, 0.15) is 12.6 Å². The van der Waals surface area contributed by atoms with Crippen LogP contribution < -0.4 is 10.6 Å². The molecule has 1 aliphatic carbocycles. The van der Waals surface area contributed by atoms with Gasteiger partial charge in [0.05, 0.1) is 6.42 Å². The lowest BCUT2D eigenvalue weighted by Gasteiger charge is -2.48. The van der Waals surface area contributed by atoms with Crippen LogP contribution in [0.15, 0.2) is 48.5 Å². The Morgan fingerprint density at radius 2 is 1.54 bits per heavy atom. The highest BCUT2D eigenvalue weighted by molar-refractivity contribution is 5.89. The Balaban J connectivity index is 1.20. The molecule has 6 rings (SSSR count). The number of benzene rings is 2. The zero-order chi connectivity index (χ0) is 24.4. The monoisotopic (exact) mass is 477 g/mol. The Labute approximate surface area is 204 Å². The van der Waals surface area contributed by atoms with Gasteiger partial charge in [0.25, 0.3) is 0 Å². The van der Waals surface area contributed by atoms with Gasteiger partial charge in [0.2, 0.25) is 5.91 Å². The fraction of sp³-hybridized carbons (Fsp3) is 0.444. The summed E-state index contributed by atoms with van der Waals surface area (Å²) in [5, 5.41) is 14.7. The molecule has 4 aliphatic rings. The third kappa shape index (κ3) is 4.89. The van der Waals surface area contributed by atoms with Gasteiger partial charge in [-0.3, -0.25) is 9.59 Å². The average Bonchev–Trinajstić information content (AvgIpc) is 3.20. The standard InChI is InChI=1S/C27H31N3O5/c31-24(32)15-23(25(33)28-17-27-9-12-30(13-10-27)14-11-27)29-26(34)35-16-22-20-7-3-1-5-18(20)19-6-2-4-8-21(19)22/h1-8,22-23H,9-17H2,(H,28,33)(H,29,34)(H,31,32). The number of nitrogens with one attached hydrogen (secondary N) is 2. The van der Waals surface area contributed by atoms with Gasteiger partial charge in [-0.05, 0) is 66.6 Å². The number of piperidine rings is 3. The number of carboxylic acid groups (broad SMARTS) is 1. The number of amides is 2. The number of alkyl carbamates (subject to hydrolysis) is 1. The number of carbonyl (C=O) groups is 3. The van der Waals surface area contributed by atoms with Crippen LogP contribution >= 0.6 is 0 Å². The highest BCUT2D eigenvalue weighted by Crippen LogP contribution is 2.44. The van der Waals surface area contributed by atoms with Crippen LogP contribution in [0.3, 0.4) is 0 Å². The van der Waals surface area contributed by atoms with Crippen molar-refractivity contribution in [2.75, 3.05) is 32.8 Å². The van der Waals surface area contributed by atoms with E-state index < -0.39 is 30.4 Å². The minimum Gasteiger partial charge on any atom is -0.481 e. The van der Waals surface area contributed by atoms with Gasteiger partial charge in [-0.15, -0.1) is 0 Å². The Kier molecular flexibility index (Phi) is 6.47. The molecule has 3 N–H and O–H groups in total. The molecule has 0 saturated carbocycles. The molecule has 0 aromatic heterocycles. The number of aliphatic carboxylic acids is 1. The van der Waals surface area contributed by atoms with Crippen molar-refractivity contribution in [3.05, 3.63) is 59.7 Å². The van der Waals surface area contributed by atoms with E-state index in [2.05, 4.69) is 27.7 Å². The van der Waals surface area contributed by atoms with Crippen molar-refractivity contribution in [1.29, 1.82) is 0 Å². The number of hydrogen-bond acceptors (Lipinski definition) is 5. The molecule has 2 aromatic rings. The molecule has 1 atom stereocenters. The van der Waals surface area contributed by atoms with Gasteiger partial charge in [-0.2, -0.15) is 0 Å². The summed E-state index contributed by atoms with van der Waals surface area (Å²) in [7, 11) is 0. The van der Waals surface area contributed by atoms with E-state index in [-0.39, 0.29) is 17.9 Å². The maximum absolute atomic E-state index is 12.9. The summed E-state index contributed by atoms with van der Waals surface area (Å²) in [6.45, 7) is 3.70.